The van der Waals surface area contributed by atoms with Gasteiger partial charge in [0.25, 0.3) is 5.91 Å². The van der Waals surface area contributed by atoms with Gasteiger partial charge in [-0.15, -0.1) is 11.8 Å². The standard InChI is InChI=1S/C19H23N3O3S/c23-16(20-14-8-12-26-15-6-2-1-5-13(14)15)7-11-22-17(24)19(21-18(22)25)9-3-4-10-19/h1-2,5-6,14H,3-4,7-12H2,(H,20,23)(H,21,25). The SMILES string of the molecule is O=C(CCN1C(=O)NC2(CCCC2)C1=O)NC1CCSc2ccccc21. The molecule has 7 heteroatoms. The van der Waals surface area contributed by atoms with Crippen LogP contribution in [0.25, 0.3) is 0 Å². The quantitative estimate of drug-likeness (QED) is 0.795. The van der Waals surface area contributed by atoms with Crippen LogP contribution >= 0.6 is 11.8 Å². The van der Waals surface area contributed by atoms with Crippen LogP contribution in [0.1, 0.15) is 50.1 Å². The Morgan fingerprint density at radius 1 is 1.27 bits per heavy atom. The number of urea groups is 1. The topological polar surface area (TPSA) is 78.5 Å². The molecule has 2 N–H and O–H groups in total. The third kappa shape index (κ3) is 3.09. The molecule has 1 aromatic rings. The van der Waals surface area contributed by atoms with Crippen LogP contribution in [0.15, 0.2) is 29.2 Å². The van der Waals surface area contributed by atoms with Crippen LogP contribution in [0.5, 0.6) is 0 Å². The Balaban J connectivity index is 1.35. The largest absolute Gasteiger partial charge is 0.349 e. The second kappa shape index (κ2) is 6.95. The van der Waals surface area contributed by atoms with E-state index in [0.717, 1.165) is 30.6 Å². The molecule has 138 valence electrons. The van der Waals surface area contributed by atoms with Crippen LogP contribution in [0.3, 0.4) is 0 Å². The van der Waals surface area contributed by atoms with Crippen LogP contribution < -0.4 is 10.6 Å². The van der Waals surface area contributed by atoms with E-state index in [2.05, 4.69) is 16.7 Å². The first kappa shape index (κ1) is 17.4. The van der Waals surface area contributed by atoms with Gasteiger partial charge in [0.1, 0.15) is 5.54 Å². The molecule has 1 aliphatic carbocycles. The van der Waals surface area contributed by atoms with Gasteiger partial charge < -0.3 is 10.6 Å². The molecule has 3 aliphatic rings. The molecule has 0 bridgehead atoms. The Labute approximate surface area is 157 Å². The van der Waals surface area contributed by atoms with E-state index in [1.807, 2.05) is 30.0 Å². The molecule has 2 fully saturated rings. The zero-order chi connectivity index (χ0) is 18.1. The maximum absolute atomic E-state index is 12.6. The number of benzene rings is 1. The van der Waals surface area contributed by atoms with E-state index in [4.69, 9.17) is 0 Å². The first-order valence-corrected chi connectivity index (χ1v) is 10.2. The summed E-state index contributed by atoms with van der Waals surface area (Å²) >= 11 is 1.81. The van der Waals surface area contributed by atoms with E-state index >= 15 is 0 Å². The molecule has 0 aromatic heterocycles. The maximum atomic E-state index is 12.6. The lowest BCUT2D eigenvalue weighted by molar-refractivity contribution is -0.131. The molecule has 1 atom stereocenters. The second-order valence-corrected chi connectivity index (χ2v) is 8.36. The van der Waals surface area contributed by atoms with Gasteiger partial charge in [0.05, 0.1) is 6.04 Å². The number of amides is 4. The molecule has 2 heterocycles. The highest BCUT2D eigenvalue weighted by Gasteiger charge is 2.52. The highest BCUT2D eigenvalue weighted by molar-refractivity contribution is 7.99. The lowest BCUT2D eigenvalue weighted by Gasteiger charge is -2.26. The number of nitrogens with one attached hydrogen (secondary N) is 2. The van der Waals surface area contributed by atoms with Gasteiger partial charge >= 0.3 is 6.03 Å². The lowest BCUT2D eigenvalue weighted by Crippen LogP contribution is -2.44. The first-order valence-electron chi connectivity index (χ1n) is 9.24. The minimum absolute atomic E-state index is 0.00392. The number of nitrogens with zero attached hydrogens (tertiary/aromatic N) is 1. The predicted octanol–water partition coefficient (Wildman–Crippen LogP) is 2.59. The monoisotopic (exact) mass is 373 g/mol. The minimum atomic E-state index is -0.701. The van der Waals surface area contributed by atoms with E-state index in [9.17, 15) is 14.4 Å². The fraction of sp³-hybridized carbons (Fsp3) is 0.526. The van der Waals surface area contributed by atoms with Crippen LogP contribution in [-0.2, 0) is 9.59 Å². The van der Waals surface area contributed by atoms with E-state index in [0.29, 0.717) is 12.8 Å². The smallest absolute Gasteiger partial charge is 0.325 e. The summed E-state index contributed by atoms with van der Waals surface area (Å²) in [4.78, 5) is 39.6. The number of fused-ring (bicyclic) bond motifs is 1. The highest BCUT2D eigenvalue weighted by Crippen LogP contribution is 2.36. The average Bonchev–Trinajstić information content (AvgIpc) is 3.20. The summed E-state index contributed by atoms with van der Waals surface area (Å²) in [6, 6.07) is 7.76. The van der Waals surface area contributed by atoms with Crippen molar-refractivity contribution < 1.29 is 14.4 Å². The van der Waals surface area contributed by atoms with Crippen molar-refractivity contribution in [1.82, 2.24) is 15.5 Å². The number of hydrogen-bond acceptors (Lipinski definition) is 4. The van der Waals surface area contributed by atoms with Crippen LogP contribution in [-0.4, -0.2) is 40.6 Å². The normalized spacial score (nSPS) is 23.8. The average molecular weight is 373 g/mol. The molecule has 6 nitrogen and oxygen atoms in total. The van der Waals surface area contributed by atoms with Gasteiger partial charge in [-0.3, -0.25) is 14.5 Å². The fourth-order valence-electron chi connectivity index (χ4n) is 4.17. The Morgan fingerprint density at radius 2 is 2.04 bits per heavy atom. The van der Waals surface area contributed by atoms with Crippen LogP contribution in [0.4, 0.5) is 4.79 Å². The zero-order valence-corrected chi connectivity index (χ0v) is 15.4. The predicted molar refractivity (Wildman–Crippen MR) is 98.7 cm³/mol. The Morgan fingerprint density at radius 3 is 2.85 bits per heavy atom. The maximum Gasteiger partial charge on any atom is 0.325 e. The number of imide groups is 1. The summed E-state index contributed by atoms with van der Waals surface area (Å²) in [5.41, 5.74) is 0.449. The molecule has 1 spiro atoms. The highest BCUT2D eigenvalue weighted by atomic mass is 32.2. The van der Waals surface area contributed by atoms with Gasteiger partial charge in [-0.25, -0.2) is 4.79 Å². The molecule has 26 heavy (non-hydrogen) atoms. The summed E-state index contributed by atoms with van der Waals surface area (Å²) in [5.74, 6) is 0.689. The Kier molecular flexibility index (Phi) is 4.65. The fourth-order valence-corrected chi connectivity index (χ4v) is 5.29. The molecule has 1 saturated carbocycles. The van der Waals surface area contributed by atoms with Crippen molar-refractivity contribution in [2.45, 2.75) is 55.0 Å². The molecule has 4 rings (SSSR count). The number of hydrogen-bond donors (Lipinski definition) is 2. The second-order valence-electron chi connectivity index (χ2n) is 7.22. The molecular formula is C19H23N3O3S. The summed E-state index contributed by atoms with van der Waals surface area (Å²) in [6.45, 7) is 0.140. The first-order chi connectivity index (χ1) is 12.6. The van der Waals surface area contributed by atoms with E-state index in [-0.39, 0.29) is 36.9 Å². The third-order valence-corrected chi connectivity index (χ3v) is 6.68. The van der Waals surface area contributed by atoms with Crippen LogP contribution in [0.2, 0.25) is 0 Å². The number of rotatable bonds is 4. The summed E-state index contributed by atoms with van der Waals surface area (Å²) in [7, 11) is 0. The Bertz CT molecular complexity index is 745. The van der Waals surface area contributed by atoms with Gasteiger partial charge in [-0.05, 0) is 30.9 Å². The molecule has 4 amide bonds. The third-order valence-electron chi connectivity index (χ3n) is 5.56. The van der Waals surface area contributed by atoms with Crippen molar-refractivity contribution in [2.75, 3.05) is 12.3 Å². The minimum Gasteiger partial charge on any atom is -0.349 e. The van der Waals surface area contributed by atoms with Gasteiger partial charge in [-0.2, -0.15) is 0 Å². The molecule has 1 unspecified atom stereocenters. The molecule has 2 aliphatic heterocycles. The van der Waals surface area contributed by atoms with E-state index < -0.39 is 5.54 Å². The van der Waals surface area contributed by atoms with Crippen LogP contribution in [0, 0.1) is 0 Å². The van der Waals surface area contributed by atoms with Crippen molar-refractivity contribution >= 4 is 29.6 Å². The van der Waals surface area contributed by atoms with Crippen molar-refractivity contribution in [3.8, 4) is 0 Å². The molecular weight excluding hydrogens is 350 g/mol. The molecule has 1 aromatic carbocycles. The van der Waals surface area contributed by atoms with E-state index in [1.54, 1.807) is 0 Å². The summed E-state index contributed by atoms with van der Waals surface area (Å²) in [6.07, 6.45) is 4.35. The summed E-state index contributed by atoms with van der Waals surface area (Å²) < 4.78 is 0. The van der Waals surface area contributed by atoms with Crippen molar-refractivity contribution in [3.63, 3.8) is 0 Å². The zero-order valence-electron chi connectivity index (χ0n) is 14.6. The lowest BCUT2D eigenvalue weighted by atomic mass is 9.98. The summed E-state index contributed by atoms with van der Waals surface area (Å²) in [5, 5.41) is 5.92. The number of thioether (sulfide) groups is 1. The van der Waals surface area contributed by atoms with E-state index in [1.165, 1.54) is 9.80 Å². The number of carbonyl (C=O) groups is 3. The number of carbonyl (C=O) groups excluding carboxylic acids is 3. The van der Waals surface area contributed by atoms with Crippen molar-refractivity contribution in [3.05, 3.63) is 29.8 Å². The Hall–Kier alpha value is -2.02. The van der Waals surface area contributed by atoms with Crippen molar-refractivity contribution in [2.24, 2.45) is 0 Å². The van der Waals surface area contributed by atoms with Gasteiger partial charge in [0.15, 0.2) is 0 Å². The van der Waals surface area contributed by atoms with Crippen molar-refractivity contribution in [1.29, 1.82) is 0 Å². The molecule has 1 saturated heterocycles. The van der Waals surface area contributed by atoms with Gasteiger partial charge in [-0.1, -0.05) is 31.0 Å². The van der Waals surface area contributed by atoms with Gasteiger partial charge in [0.2, 0.25) is 5.91 Å². The van der Waals surface area contributed by atoms with Gasteiger partial charge in [0, 0.05) is 23.6 Å². The molecule has 0 radical (unpaired) electrons.